The van der Waals surface area contributed by atoms with Gasteiger partial charge in [0.25, 0.3) is 0 Å². The van der Waals surface area contributed by atoms with Crippen LogP contribution in [0.1, 0.15) is 45.1 Å². The van der Waals surface area contributed by atoms with Crippen LogP contribution in [0.4, 0.5) is 0 Å². The number of aliphatic hydroxyl groups excluding tert-OH is 1. The van der Waals surface area contributed by atoms with E-state index in [1.165, 1.54) is 12.0 Å². The maximum atomic E-state index is 10.4. The van der Waals surface area contributed by atoms with E-state index in [1.807, 2.05) is 19.2 Å². The second-order valence-electron chi connectivity index (χ2n) is 7.29. The van der Waals surface area contributed by atoms with Crippen molar-refractivity contribution in [2.75, 3.05) is 27.2 Å². The lowest BCUT2D eigenvalue weighted by molar-refractivity contribution is 0.00705. The van der Waals surface area contributed by atoms with Gasteiger partial charge in [-0.05, 0) is 37.5 Å². The third-order valence-corrected chi connectivity index (χ3v) is 5.15. The van der Waals surface area contributed by atoms with Crippen LogP contribution in [-0.2, 0) is 6.54 Å². The van der Waals surface area contributed by atoms with Gasteiger partial charge < -0.3 is 20.1 Å². The monoisotopic (exact) mass is 347 g/mol. The SMILES string of the molecule is CCNC(=NCC1(C)CCCCC1O)N(C)Cc1ccc(OC)cc1. The summed E-state index contributed by atoms with van der Waals surface area (Å²) in [5.41, 5.74) is 1.10. The molecule has 140 valence electrons. The van der Waals surface area contributed by atoms with Gasteiger partial charge >= 0.3 is 0 Å². The van der Waals surface area contributed by atoms with Gasteiger partial charge in [-0.15, -0.1) is 0 Å². The number of hydrogen-bond acceptors (Lipinski definition) is 3. The highest BCUT2D eigenvalue weighted by atomic mass is 16.5. The average Bonchev–Trinajstić information content (AvgIpc) is 2.62. The molecular formula is C20H33N3O2. The number of rotatable bonds is 6. The fourth-order valence-corrected chi connectivity index (χ4v) is 3.37. The molecule has 0 saturated heterocycles. The number of aliphatic imine (C=N–C) groups is 1. The largest absolute Gasteiger partial charge is 0.497 e. The summed E-state index contributed by atoms with van der Waals surface area (Å²) in [7, 11) is 3.72. The van der Waals surface area contributed by atoms with Crippen molar-refractivity contribution in [3.63, 3.8) is 0 Å². The molecule has 2 atom stereocenters. The highest BCUT2D eigenvalue weighted by Crippen LogP contribution is 2.36. The zero-order chi connectivity index (χ0) is 18.3. The van der Waals surface area contributed by atoms with Crippen LogP contribution in [0.25, 0.3) is 0 Å². The quantitative estimate of drug-likeness (QED) is 0.613. The first-order valence-electron chi connectivity index (χ1n) is 9.29. The maximum absolute atomic E-state index is 10.4. The number of hydrogen-bond donors (Lipinski definition) is 2. The number of nitrogens with zero attached hydrogens (tertiary/aromatic N) is 2. The minimum Gasteiger partial charge on any atom is -0.497 e. The minimum absolute atomic E-state index is 0.111. The molecule has 0 aromatic heterocycles. The van der Waals surface area contributed by atoms with Crippen molar-refractivity contribution in [2.45, 2.75) is 52.2 Å². The van der Waals surface area contributed by atoms with Gasteiger partial charge in [0.1, 0.15) is 5.75 Å². The molecule has 0 amide bonds. The summed E-state index contributed by atoms with van der Waals surface area (Å²) in [6.45, 7) is 6.49. The van der Waals surface area contributed by atoms with Gasteiger partial charge in [0.05, 0.1) is 19.8 Å². The van der Waals surface area contributed by atoms with E-state index in [1.54, 1.807) is 7.11 Å². The molecule has 25 heavy (non-hydrogen) atoms. The molecule has 0 spiro atoms. The van der Waals surface area contributed by atoms with Gasteiger partial charge in [-0.2, -0.15) is 0 Å². The van der Waals surface area contributed by atoms with Gasteiger partial charge in [0, 0.05) is 25.6 Å². The molecule has 2 unspecified atom stereocenters. The van der Waals surface area contributed by atoms with E-state index in [-0.39, 0.29) is 11.5 Å². The lowest BCUT2D eigenvalue weighted by Gasteiger charge is -2.37. The highest BCUT2D eigenvalue weighted by molar-refractivity contribution is 5.79. The summed E-state index contributed by atoms with van der Waals surface area (Å²) in [6.07, 6.45) is 3.99. The van der Waals surface area contributed by atoms with Crippen molar-refractivity contribution in [1.29, 1.82) is 0 Å². The van der Waals surface area contributed by atoms with E-state index in [2.05, 4.69) is 36.2 Å². The number of aliphatic hydroxyl groups is 1. The Morgan fingerprint density at radius 1 is 1.36 bits per heavy atom. The topological polar surface area (TPSA) is 57.1 Å². The van der Waals surface area contributed by atoms with Crippen LogP contribution in [-0.4, -0.2) is 49.3 Å². The summed E-state index contributed by atoms with van der Waals surface area (Å²) in [4.78, 5) is 6.96. The summed E-state index contributed by atoms with van der Waals surface area (Å²) in [6, 6.07) is 8.11. The Morgan fingerprint density at radius 3 is 2.68 bits per heavy atom. The van der Waals surface area contributed by atoms with E-state index in [0.717, 1.165) is 44.1 Å². The van der Waals surface area contributed by atoms with Crippen molar-refractivity contribution in [2.24, 2.45) is 10.4 Å². The van der Waals surface area contributed by atoms with Gasteiger partial charge in [0.2, 0.25) is 0 Å². The minimum atomic E-state index is -0.250. The van der Waals surface area contributed by atoms with Crippen molar-refractivity contribution in [3.05, 3.63) is 29.8 Å². The molecule has 1 aliphatic carbocycles. The van der Waals surface area contributed by atoms with E-state index in [4.69, 9.17) is 9.73 Å². The highest BCUT2D eigenvalue weighted by Gasteiger charge is 2.35. The van der Waals surface area contributed by atoms with Gasteiger partial charge in [-0.25, -0.2) is 0 Å². The number of nitrogens with one attached hydrogen (secondary N) is 1. The third-order valence-electron chi connectivity index (χ3n) is 5.15. The Morgan fingerprint density at radius 2 is 2.08 bits per heavy atom. The van der Waals surface area contributed by atoms with Crippen LogP contribution < -0.4 is 10.1 Å². The van der Waals surface area contributed by atoms with Crippen molar-refractivity contribution in [1.82, 2.24) is 10.2 Å². The Labute approximate surface area is 152 Å². The number of methoxy groups -OCH3 is 1. The Hall–Kier alpha value is -1.75. The van der Waals surface area contributed by atoms with Crippen molar-refractivity contribution >= 4 is 5.96 Å². The third kappa shape index (κ3) is 5.36. The molecule has 1 fully saturated rings. The molecule has 5 heteroatoms. The van der Waals surface area contributed by atoms with Crippen LogP contribution in [0.15, 0.2) is 29.3 Å². The summed E-state index contributed by atoms with van der Waals surface area (Å²) < 4.78 is 5.21. The summed E-state index contributed by atoms with van der Waals surface area (Å²) in [5.74, 6) is 1.75. The average molecular weight is 348 g/mol. The molecule has 0 aliphatic heterocycles. The van der Waals surface area contributed by atoms with E-state index >= 15 is 0 Å². The van der Waals surface area contributed by atoms with Crippen LogP contribution >= 0.6 is 0 Å². The van der Waals surface area contributed by atoms with Gasteiger partial charge in [0.15, 0.2) is 5.96 Å². The Bertz CT molecular complexity index is 559. The van der Waals surface area contributed by atoms with Crippen LogP contribution in [0.3, 0.4) is 0 Å². The molecule has 2 N–H and O–H groups in total. The second-order valence-corrected chi connectivity index (χ2v) is 7.29. The Kier molecular flexibility index (Phi) is 7.12. The van der Waals surface area contributed by atoms with E-state index < -0.39 is 0 Å². The summed E-state index contributed by atoms with van der Waals surface area (Å²) >= 11 is 0. The molecular weight excluding hydrogens is 314 g/mol. The van der Waals surface area contributed by atoms with Crippen LogP contribution in [0.5, 0.6) is 5.75 Å². The molecule has 0 bridgehead atoms. The standard InChI is InChI=1S/C20H33N3O2/c1-5-21-19(22-15-20(2)13-7-6-8-18(20)24)23(3)14-16-9-11-17(25-4)12-10-16/h9-12,18,24H,5-8,13-15H2,1-4H3,(H,21,22). The maximum Gasteiger partial charge on any atom is 0.193 e. The number of guanidine groups is 1. The Balaban J connectivity index is 2.04. The first-order chi connectivity index (χ1) is 12.0. The predicted octanol–water partition coefficient (Wildman–Crippen LogP) is 3.03. The first kappa shape index (κ1) is 19.6. The lowest BCUT2D eigenvalue weighted by Crippen LogP contribution is -2.42. The van der Waals surface area contributed by atoms with Crippen LogP contribution in [0.2, 0.25) is 0 Å². The molecule has 1 aromatic rings. The normalized spacial score (nSPS) is 24.0. The number of ether oxygens (including phenoxy) is 1. The van der Waals surface area contributed by atoms with Crippen LogP contribution in [0, 0.1) is 5.41 Å². The molecule has 0 heterocycles. The molecule has 1 saturated carbocycles. The van der Waals surface area contributed by atoms with Gasteiger partial charge in [-0.3, -0.25) is 4.99 Å². The summed E-state index contributed by atoms with van der Waals surface area (Å²) in [5, 5.41) is 13.7. The molecule has 0 radical (unpaired) electrons. The van der Waals surface area contributed by atoms with E-state index in [0.29, 0.717) is 6.54 Å². The smallest absolute Gasteiger partial charge is 0.193 e. The predicted molar refractivity (Wildman–Crippen MR) is 103 cm³/mol. The van der Waals surface area contributed by atoms with Gasteiger partial charge in [-0.1, -0.05) is 31.9 Å². The van der Waals surface area contributed by atoms with Crippen molar-refractivity contribution < 1.29 is 9.84 Å². The second kappa shape index (κ2) is 9.09. The lowest BCUT2D eigenvalue weighted by atomic mass is 9.73. The molecule has 2 rings (SSSR count). The molecule has 1 aliphatic rings. The van der Waals surface area contributed by atoms with E-state index in [9.17, 15) is 5.11 Å². The number of benzene rings is 1. The fraction of sp³-hybridized carbons (Fsp3) is 0.650. The first-order valence-corrected chi connectivity index (χ1v) is 9.29. The van der Waals surface area contributed by atoms with Crippen molar-refractivity contribution in [3.8, 4) is 5.75 Å². The fourth-order valence-electron chi connectivity index (χ4n) is 3.37. The zero-order valence-electron chi connectivity index (χ0n) is 16.1. The zero-order valence-corrected chi connectivity index (χ0v) is 16.1. The molecule has 5 nitrogen and oxygen atoms in total. The molecule has 1 aromatic carbocycles.